The number of allylic oxidation sites excluding steroid dienone is 2. The van der Waals surface area contributed by atoms with Crippen molar-refractivity contribution in [2.24, 2.45) is 0 Å². The highest BCUT2D eigenvalue weighted by molar-refractivity contribution is 5.99. The Hall–Kier alpha value is -2.56. The maximum Gasteiger partial charge on any atom is 0.226 e. The lowest BCUT2D eigenvalue weighted by Gasteiger charge is -2.32. The second-order valence-corrected chi connectivity index (χ2v) is 5.73. The van der Waals surface area contributed by atoms with E-state index in [1.165, 1.54) is 0 Å². The molecule has 0 bridgehead atoms. The van der Waals surface area contributed by atoms with Gasteiger partial charge in [0.15, 0.2) is 5.78 Å². The number of Topliss-reactive ketones (excluding diaryl/α,β-unsaturated/α-hetero) is 1. The monoisotopic (exact) mass is 296 g/mol. The first-order valence-electron chi connectivity index (χ1n) is 7.41. The lowest BCUT2D eigenvalue weighted by molar-refractivity contribution is -0.116. The second kappa shape index (κ2) is 4.73. The van der Waals surface area contributed by atoms with Crippen LogP contribution in [0.5, 0.6) is 5.75 Å². The first-order valence-corrected chi connectivity index (χ1v) is 7.41. The number of nitrogens with two attached hydrogens (primary N) is 1. The summed E-state index contributed by atoms with van der Waals surface area (Å²) in [5.74, 6) is 1.69. The van der Waals surface area contributed by atoms with Gasteiger partial charge in [-0.15, -0.1) is 0 Å². The van der Waals surface area contributed by atoms with Crippen LogP contribution in [-0.4, -0.2) is 10.9 Å². The molecule has 2 N–H and O–H groups in total. The summed E-state index contributed by atoms with van der Waals surface area (Å²) in [7, 11) is 0. The Morgan fingerprint density at radius 1 is 1.27 bits per heavy atom. The quantitative estimate of drug-likeness (QED) is 0.874. The number of ketones is 1. The van der Waals surface area contributed by atoms with E-state index in [0.717, 1.165) is 35.5 Å². The minimum atomic E-state index is -0.251. The van der Waals surface area contributed by atoms with Gasteiger partial charge in [-0.05, 0) is 19.4 Å². The molecule has 0 saturated carbocycles. The van der Waals surface area contributed by atoms with Gasteiger partial charge in [0, 0.05) is 24.0 Å². The van der Waals surface area contributed by atoms with Crippen LogP contribution in [0.4, 0.5) is 5.88 Å². The Morgan fingerprint density at radius 3 is 2.86 bits per heavy atom. The SMILES string of the molecule is Cc1noc(N)c1C1C2=C(CCCC2=O)Oc2ccccc21. The summed E-state index contributed by atoms with van der Waals surface area (Å²) < 4.78 is 11.1. The molecule has 5 heteroatoms. The number of hydrogen-bond donors (Lipinski definition) is 1. The highest BCUT2D eigenvalue weighted by Crippen LogP contribution is 2.48. The van der Waals surface area contributed by atoms with Crippen LogP contribution >= 0.6 is 0 Å². The number of nitrogen functional groups attached to an aromatic ring is 1. The van der Waals surface area contributed by atoms with Gasteiger partial charge >= 0.3 is 0 Å². The standard InChI is InChI=1S/C17H16N2O3/c1-9-14(17(18)22-19-9)15-10-5-2-3-7-12(10)21-13-8-4-6-11(20)16(13)15/h2-3,5,7,15H,4,6,8,18H2,1H3. The highest BCUT2D eigenvalue weighted by Gasteiger charge is 2.39. The number of fused-ring (bicyclic) bond motifs is 1. The molecule has 1 aromatic heterocycles. The van der Waals surface area contributed by atoms with Crippen molar-refractivity contribution in [2.75, 3.05) is 5.73 Å². The average molecular weight is 296 g/mol. The third-order valence-electron chi connectivity index (χ3n) is 4.39. The van der Waals surface area contributed by atoms with E-state index in [9.17, 15) is 4.79 Å². The zero-order chi connectivity index (χ0) is 15.3. The van der Waals surface area contributed by atoms with E-state index in [0.29, 0.717) is 17.7 Å². The van der Waals surface area contributed by atoms with Crippen LogP contribution in [0.3, 0.4) is 0 Å². The Kier molecular flexibility index (Phi) is 2.82. The zero-order valence-corrected chi connectivity index (χ0v) is 12.3. The van der Waals surface area contributed by atoms with E-state index in [-0.39, 0.29) is 17.6 Å². The van der Waals surface area contributed by atoms with Crippen LogP contribution in [0.15, 0.2) is 40.1 Å². The van der Waals surface area contributed by atoms with Crippen LogP contribution < -0.4 is 10.5 Å². The van der Waals surface area contributed by atoms with Crippen molar-refractivity contribution in [3.63, 3.8) is 0 Å². The number of aryl methyl sites for hydroxylation is 1. The first kappa shape index (κ1) is 13.1. The number of carbonyl (C=O) groups is 1. The van der Waals surface area contributed by atoms with Crippen molar-refractivity contribution in [2.45, 2.75) is 32.1 Å². The highest BCUT2D eigenvalue weighted by atomic mass is 16.5. The minimum absolute atomic E-state index is 0.126. The Labute approximate surface area is 127 Å². The summed E-state index contributed by atoms with van der Waals surface area (Å²) in [5, 5.41) is 3.95. The summed E-state index contributed by atoms with van der Waals surface area (Å²) in [6, 6.07) is 7.75. The second-order valence-electron chi connectivity index (χ2n) is 5.73. The van der Waals surface area contributed by atoms with Crippen molar-refractivity contribution in [1.82, 2.24) is 5.16 Å². The molecule has 0 fully saturated rings. The smallest absolute Gasteiger partial charge is 0.226 e. The summed E-state index contributed by atoms with van der Waals surface area (Å²) in [5.41, 5.74) is 9.13. The molecule has 4 rings (SSSR count). The van der Waals surface area contributed by atoms with Gasteiger partial charge < -0.3 is 15.0 Å². The number of hydrogen-bond acceptors (Lipinski definition) is 5. The number of rotatable bonds is 1. The molecule has 22 heavy (non-hydrogen) atoms. The fourth-order valence-electron chi connectivity index (χ4n) is 3.41. The normalized spacial score (nSPS) is 20.4. The largest absolute Gasteiger partial charge is 0.461 e. The number of ether oxygens (including phenoxy) is 1. The summed E-state index contributed by atoms with van der Waals surface area (Å²) in [6.45, 7) is 1.85. The molecular weight excluding hydrogens is 280 g/mol. The van der Waals surface area contributed by atoms with Crippen molar-refractivity contribution in [3.8, 4) is 5.75 Å². The third-order valence-corrected chi connectivity index (χ3v) is 4.39. The number of benzene rings is 1. The number of aromatic nitrogens is 1. The van der Waals surface area contributed by atoms with Crippen molar-refractivity contribution < 1.29 is 14.1 Å². The van der Waals surface area contributed by atoms with E-state index in [2.05, 4.69) is 5.16 Å². The lowest BCUT2D eigenvalue weighted by atomic mass is 9.77. The molecule has 0 amide bonds. The maximum atomic E-state index is 12.5. The molecule has 5 nitrogen and oxygen atoms in total. The predicted octanol–water partition coefficient (Wildman–Crippen LogP) is 3.10. The summed E-state index contributed by atoms with van der Waals surface area (Å²) in [4.78, 5) is 12.5. The van der Waals surface area contributed by atoms with Gasteiger partial charge in [-0.2, -0.15) is 0 Å². The third kappa shape index (κ3) is 1.78. The van der Waals surface area contributed by atoms with Crippen molar-refractivity contribution in [1.29, 1.82) is 0 Å². The minimum Gasteiger partial charge on any atom is -0.461 e. The molecule has 0 radical (unpaired) electrons. The van der Waals surface area contributed by atoms with Crippen LogP contribution in [0, 0.1) is 6.92 Å². The fraction of sp³-hybridized carbons (Fsp3) is 0.294. The molecular formula is C17H16N2O3. The molecule has 0 saturated heterocycles. The zero-order valence-electron chi connectivity index (χ0n) is 12.3. The Balaban J connectivity index is 1.99. The molecule has 1 unspecified atom stereocenters. The van der Waals surface area contributed by atoms with Crippen LogP contribution in [0.2, 0.25) is 0 Å². The van der Waals surface area contributed by atoms with Crippen LogP contribution in [0.25, 0.3) is 0 Å². The van der Waals surface area contributed by atoms with Crippen molar-refractivity contribution in [3.05, 3.63) is 52.4 Å². The van der Waals surface area contributed by atoms with Gasteiger partial charge in [-0.3, -0.25) is 4.79 Å². The van der Waals surface area contributed by atoms with Crippen LogP contribution in [-0.2, 0) is 4.79 Å². The summed E-state index contributed by atoms with van der Waals surface area (Å²) >= 11 is 0. The number of para-hydroxylation sites is 1. The van der Waals surface area contributed by atoms with Gasteiger partial charge in [0.05, 0.1) is 17.2 Å². The molecule has 0 spiro atoms. The number of carbonyl (C=O) groups excluding carboxylic acids is 1. The average Bonchev–Trinajstić information content (AvgIpc) is 2.84. The Bertz CT molecular complexity index is 784. The molecule has 2 heterocycles. The number of anilines is 1. The van der Waals surface area contributed by atoms with Gasteiger partial charge in [0.2, 0.25) is 5.88 Å². The van der Waals surface area contributed by atoms with E-state index >= 15 is 0 Å². The van der Waals surface area contributed by atoms with Gasteiger partial charge in [0.25, 0.3) is 0 Å². The molecule has 112 valence electrons. The van der Waals surface area contributed by atoms with E-state index in [4.69, 9.17) is 15.0 Å². The summed E-state index contributed by atoms with van der Waals surface area (Å²) in [6.07, 6.45) is 2.14. The molecule has 1 atom stereocenters. The fourth-order valence-corrected chi connectivity index (χ4v) is 3.41. The van der Waals surface area contributed by atoms with E-state index in [1.807, 2.05) is 31.2 Å². The molecule has 2 aromatic rings. The van der Waals surface area contributed by atoms with Gasteiger partial charge in [0.1, 0.15) is 11.5 Å². The van der Waals surface area contributed by atoms with E-state index in [1.54, 1.807) is 0 Å². The predicted molar refractivity (Wildman–Crippen MR) is 80.4 cm³/mol. The van der Waals surface area contributed by atoms with E-state index < -0.39 is 0 Å². The topological polar surface area (TPSA) is 78.4 Å². The molecule has 1 aromatic carbocycles. The maximum absolute atomic E-state index is 12.5. The van der Waals surface area contributed by atoms with Crippen molar-refractivity contribution >= 4 is 11.7 Å². The Morgan fingerprint density at radius 2 is 2.09 bits per heavy atom. The molecule has 1 aliphatic heterocycles. The first-order chi connectivity index (χ1) is 10.7. The lowest BCUT2D eigenvalue weighted by Crippen LogP contribution is -2.26. The van der Waals surface area contributed by atoms with Crippen LogP contribution in [0.1, 0.15) is 42.0 Å². The molecule has 2 aliphatic rings. The van der Waals surface area contributed by atoms with Gasteiger partial charge in [-0.1, -0.05) is 23.4 Å². The van der Waals surface area contributed by atoms with Gasteiger partial charge in [-0.25, -0.2) is 0 Å². The number of nitrogens with zero attached hydrogens (tertiary/aromatic N) is 1. The molecule has 1 aliphatic carbocycles.